The summed E-state index contributed by atoms with van der Waals surface area (Å²) in [6.07, 6.45) is 5.32. The molecule has 1 aliphatic rings. The van der Waals surface area contributed by atoms with Crippen molar-refractivity contribution in [2.75, 3.05) is 19.6 Å². The van der Waals surface area contributed by atoms with Crippen LogP contribution < -0.4 is 0 Å². The van der Waals surface area contributed by atoms with Crippen LogP contribution in [0.5, 0.6) is 0 Å². The lowest BCUT2D eigenvalue weighted by molar-refractivity contribution is -0.0180. The van der Waals surface area contributed by atoms with E-state index in [0.29, 0.717) is 5.92 Å². The monoisotopic (exact) mass is 199 g/mol. The van der Waals surface area contributed by atoms with Gasteiger partial charge in [-0.3, -0.25) is 0 Å². The average Bonchev–Trinajstić information content (AvgIpc) is 2.32. The molecule has 14 heavy (non-hydrogen) atoms. The zero-order chi connectivity index (χ0) is 10.6. The summed E-state index contributed by atoms with van der Waals surface area (Å²) in [4.78, 5) is 2.42. The van der Waals surface area contributed by atoms with E-state index in [1.807, 2.05) is 6.92 Å². The molecule has 2 heteroatoms. The van der Waals surface area contributed by atoms with Crippen LogP contribution in [0, 0.1) is 5.92 Å². The first-order chi connectivity index (χ1) is 6.52. The molecule has 84 valence electrons. The van der Waals surface area contributed by atoms with E-state index >= 15 is 0 Å². The fourth-order valence-corrected chi connectivity index (χ4v) is 1.93. The van der Waals surface area contributed by atoms with E-state index in [2.05, 4.69) is 18.7 Å². The van der Waals surface area contributed by atoms with Gasteiger partial charge in [-0.15, -0.1) is 0 Å². The molecule has 1 fully saturated rings. The van der Waals surface area contributed by atoms with Gasteiger partial charge in [-0.05, 0) is 38.8 Å². The zero-order valence-electron chi connectivity index (χ0n) is 9.92. The highest BCUT2D eigenvalue weighted by atomic mass is 16.3. The van der Waals surface area contributed by atoms with E-state index in [0.717, 1.165) is 6.54 Å². The summed E-state index contributed by atoms with van der Waals surface area (Å²) in [5.41, 5.74) is -0.523. The molecule has 0 aromatic heterocycles. The number of aliphatic hydroxyl groups is 1. The smallest absolute Gasteiger partial charge is 0.0768 e. The Morgan fingerprint density at radius 1 is 1.14 bits per heavy atom. The predicted octanol–water partition coefficient (Wildman–Crippen LogP) is 2.27. The van der Waals surface area contributed by atoms with Gasteiger partial charge in [-0.2, -0.15) is 0 Å². The van der Waals surface area contributed by atoms with Crippen molar-refractivity contribution in [1.82, 2.24) is 4.90 Å². The van der Waals surface area contributed by atoms with E-state index < -0.39 is 5.60 Å². The van der Waals surface area contributed by atoms with Gasteiger partial charge < -0.3 is 10.0 Å². The van der Waals surface area contributed by atoms with Crippen LogP contribution >= 0.6 is 0 Å². The van der Waals surface area contributed by atoms with E-state index in [9.17, 15) is 5.11 Å². The lowest BCUT2D eigenvalue weighted by Gasteiger charge is -2.33. The Hall–Kier alpha value is -0.0800. The van der Waals surface area contributed by atoms with Crippen LogP contribution in [-0.2, 0) is 0 Å². The number of likely N-dealkylation sites (tertiary alicyclic amines) is 1. The molecule has 0 amide bonds. The van der Waals surface area contributed by atoms with Gasteiger partial charge in [0.25, 0.3) is 0 Å². The van der Waals surface area contributed by atoms with Crippen LogP contribution in [0.15, 0.2) is 0 Å². The molecule has 1 unspecified atom stereocenters. The molecule has 0 spiro atoms. The molecular formula is C12H25NO. The molecule has 1 N–H and O–H groups in total. The van der Waals surface area contributed by atoms with Crippen LogP contribution in [0.25, 0.3) is 0 Å². The van der Waals surface area contributed by atoms with Crippen molar-refractivity contribution in [3.8, 4) is 0 Å². The number of hydrogen-bond donors (Lipinski definition) is 1. The molecule has 0 radical (unpaired) electrons. The van der Waals surface area contributed by atoms with Gasteiger partial charge >= 0.3 is 0 Å². The van der Waals surface area contributed by atoms with Gasteiger partial charge in [0.2, 0.25) is 0 Å². The molecule has 0 aliphatic carbocycles. The fourth-order valence-electron chi connectivity index (χ4n) is 1.93. The molecule has 2 nitrogen and oxygen atoms in total. The molecule has 1 aliphatic heterocycles. The van der Waals surface area contributed by atoms with Gasteiger partial charge in [-0.25, -0.2) is 0 Å². The Morgan fingerprint density at radius 3 is 2.07 bits per heavy atom. The van der Waals surface area contributed by atoms with Crippen LogP contribution in [0.2, 0.25) is 0 Å². The maximum atomic E-state index is 10.2. The van der Waals surface area contributed by atoms with Crippen LogP contribution in [0.1, 0.15) is 46.5 Å². The number of nitrogens with zero attached hydrogens (tertiary/aromatic N) is 1. The molecule has 1 rings (SSSR count). The van der Waals surface area contributed by atoms with Gasteiger partial charge in [0.05, 0.1) is 5.60 Å². The summed E-state index contributed by atoms with van der Waals surface area (Å²) >= 11 is 0. The lowest BCUT2D eigenvalue weighted by atomic mass is 9.92. The molecule has 0 aromatic rings. The topological polar surface area (TPSA) is 23.5 Å². The van der Waals surface area contributed by atoms with Gasteiger partial charge in [0.15, 0.2) is 0 Å². The van der Waals surface area contributed by atoms with Crippen molar-refractivity contribution in [2.24, 2.45) is 5.92 Å². The number of hydrogen-bond acceptors (Lipinski definition) is 2. The zero-order valence-corrected chi connectivity index (χ0v) is 9.92. The maximum Gasteiger partial charge on any atom is 0.0768 e. The summed E-state index contributed by atoms with van der Waals surface area (Å²) < 4.78 is 0. The summed E-state index contributed by atoms with van der Waals surface area (Å²) in [5, 5.41) is 10.2. The number of rotatable bonds is 3. The first-order valence-corrected chi connectivity index (χ1v) is 5.97. The fraction of sp³-hybridized carbons (Fsp3) is 1.00. The summed E-state index contributed by atoms with van der Waals surface area (Å²) in [6, 6.07) is 0. The molecule has 0 saturated carbocycles. The standard InChI is InChI=1S/C12H25NO/c1-11(2)12(3,14)10-13-8-6-4-5-7-9-13/h11,14H,4-10H2,1-3H3. The normalized spacial score (nSPS) is 24.6. The third-order valence-electron chi connectivity index (χ3n) is 3.49. The molecule has 1 saturated heterocycles. The largest absolute Gasteiger partial charge is 0.389 e. The Bertz CT molecular complexity index is 158. The minimum atomic E-state index is -0.523. The van der Waals surface area contributed by atoms with E-state index in [-0.39, 0.29) is 0 Å². The summed E-state index contributed by atoms with van der Waals surface area (Å²) in [6.45, 7) is 9.33. The Labute approximate surface area is 88.3 Å². The third-order valence-corrected chi connectivity index (χ3v) is 3.49. The Morgan fingerprint density at radius 2 is 1.64 bits per heavy atom. The Balaban J connectivity index is 2.41. The van der Waals surface area contributed by atoms with E-state index in [4.69, 9.17) is 0 Å². The maximum absolute atomic E-state index is 10.2. The van der Waals surface area contributed by atoms with Crippen LogP contribution in [0.3, 0.4) is 0 Å². The van der Waals surface area contributed by atoms with Crippen molar-refractivity contribution in [3.05, 3.63) is 0 Å². The average molecular weight is 199 g/mol. The van der Waals surface area contributed by atoms with Gasteiger partial charge in [-0.1, -0.05) is 26.7 Å². The third kappa shape index (κ3) is 3.58. The minimum absolute atomic E-state index is 0.339. The Kier molecular flexibility index (Phi) is 4.39. The summed E-state index contributed by atoms with van der Waals surface area (Å²) in [5.74, 6) is 0.339. The second kappa shape index (κ2) is 5.13. The molecule has 0 aromatic carbocycles. The van der Waals surface area contributed by atoms with Gasteiger partial charge in [0, 0.05) is 6.54 Å². The highest BCUT2D eigenvalue weighted by Crippen LogP contribution is 2.19. The van der Waals surface area contributed by atoms with Crippen molar-refractivity contribution in [3.63, 3.8) is 0 Å². The highest BCUT2D eigenvalue weighted by molar-refractivity contribution is 4.81. The number of β-amino-alcohol motifs (C(OH)–C–C–N with tert-alkyl or cyclic N) is 1. The first-order valence-electron chi connectivity index (χ1n) is 5.97. The predicted molar refractivity (Wildman–Crippen MR) is 60.4 cm³/mol. The van der Waals surface area contributed by atoms with Crippen molar-refractivity contribution < 1.29 is 5.11 Å². The van der Waals surface area contributed by atoms with Gasteiger partial charge in [0.1, 0.15) is 0 Å². The minimum Gasteiger partial charge on any atom is -0.389 e. The second-order valence-corrected chi connectivity index (χ2v) is 5.20. The highest BCUT2D eigenvalue weighted by Gasteiger charge is 2.27. The van der Waals surface area contributed by atoms with Crippen LogP contribution in [-0.4, -0.2) is 35.2 Å². The quantitative estimate of drug-likeness (QED) is 0.753. The summed E-state index contributed by atoms with van der Waals surface area (Å²) in [7, 11) is 0. The lowest BCUT2D eigenvalue weighted by Crippen LogP contribution is -2.44. The van der Waals surface area contributed by atoms with Crippen LogP contribution in [0.4, 0.5) is 0 Å². The molecule has 1 atom stereocenters. The van der Waals surface area contributed by atoms with Crippen molar-refractivity contribution >= 4 is 0 Å². The van der Waals surface area contributed by atoms with E-state index in [1.54, 1.807) is 0 Å². The molecule has 0 bridgehead atoms. The molecular weight excluding hydrogens is 174 g/mol. The van der Waals surface area contributed by atoms with E-state index in [1.165, 1.54) is 38.8 Å². The first kappa shape index (κ1) is 12.0. The van der Waals surface area contributed by atoms with Crippen molar-refractivity contribution in [2.45, 2.75) is 52.1 Å². The van der Waals surface area contributed by atoms with Crippen molar-refractivity contribution in [1.29, 1.82) is 0 Å². The second-order valence-electron chi connectivity index (χ2n) is 5.20. The SMILES string of the molecule is CC(C)C(C)(O)CN1CCCCCC1. The molecule has 1 heterocycles.